The number of aliphatic hydroxyl groups is 3. The highest BCUT2D eigenvalue weighted by atomic mass is 33.1. The molecule has 354 valence electrons. The zero-order chi connectivity index (χ0) is 47.1. The number of nitrogens with one attached hydrogen (secondary N) is 1. The van der Waals surface area contributed by atoms with Gasteiger partial charge in [0.15, 0.2) is 5.76 Å². The predicted molar refractivity (Wildman–Crippen MR) is 278 cm³/mol. The Hall–Kier alpha value is -4.25. The van der Waals surface area contributed by atoms with Crippen molar-refractivity contribution in [3.8, 4) is 45.4 Å². The number of rotatable bonds is 6. The molecule has 4 heterocycles. The number of allylic oxidation sites excluding steroid dienone is 1. The first-order valence-corrected chi connectivity index (χ1v) is 28.5. The topological polar surface area (TPSA) is 173 Å². The number of ether oxygens (including phenoxy) is 1. The zero-order valence-corrected chi connectivity index (χ0v) is 41.3. The summed E-state index contributed by atoms with van der Waals surface area (Å²) in [4.78, 5) is 15.3. The first-order valence-electron chi connectivity index (χ1n) is 23.6. The summed E-state index contributed by atoms with van der Waals surface area (Å²) in [5.41, 5.74) is 8.56. The number of fused-ring (bicyclic) bond motifs is 10. The van der Waals surface area contributed by atoms with Crippen molar-refractivity contribution >= 4 is 71.0 Å². The molecule has 0 radical (unpaired) electrons. The fourth-order valence-electron chi connectivity index (χ4n) is 11.5. The van der Waals surface area contributed by atoms with Gasteiger partial charge in [0.25, 0.3) is 0 Å². The second-order valence-corrected chi connectivity index (χ2v) is 24.5. The molecule has 1 saturated heterocycles. The van der Waals surface area contributed by atoms with Crippen LogP contribution >= 0.6 is 43.2 Å². The van der Waals surface area contributed by atoms with Crippen LogP contribution in [0.1, 0.15) is 113 Å². The highest BCUT2D eigenvalue weighted by Gasteiger charge is 2.46. The minimum absolute atomic E-state index is 0.00432. The van der Waals surface area contributed by atoms with E-state index in [0.717, 1.165) is 61.2 Å². The van der Waals surface area contributed by atoms with Gasteiger partial charge in [0.05, 0.1) is 23.0 Å². The monoisotopic (exact) mass is 989 g/mol. The van der Waals surface area contributed by atoms with Gasteiger partial charge in [-0.25, -0.2) is 0 Å². The molecule has 11 rings (SSSR count). The van der Waals surface area contributed by atoms with Crippen LogP contribution in [0, 0.1) is 5.92 Å². The maximum atomic E-state index is 15.3. The Bertz CT molecular complexity index is 3100. The van der Waals surface area contributed by atoms with Crippen LogP contribution in [0.4, 0.5) is 0 Å². The second-order valence-electron chi connectivity index (χ2n) is 19.3. The summed E-state index contributed by atoms with van der Waals surface area (Å²) in [6, 6.07) is 18.0. The third-order valence-corrected chi connectivity index (χ3v) is 19.9. The smallest absolute Gasteiger partial charge is 0.238 e. The molecule has 7 atom stereocenters. The van der Waals surface area contributed by atoms with Gasteiger partial charge in [0.2, 0.25) is 11.2 Å². The van der Waals surface area contributed by atoms with Gasteiger partial charge < -0.3 is 45.1 Å². The van der Waals surface area contributed by atoms with E-state index in [1.807, 2.05) is 25.2 Å². The van der Waals surface area contributed by atoms with Gasteiger partial charge in [0.1, 0.15) is 34.3 Å². The van der Waals surface area contributed by atoms with E-state index in [1.54, 1.807) is 43.2 Å². The van der Waals surface area contributed by atoms with E-state index in [0.29, 0.717) is 60.1 Å². The molecule has 10 nitrogen and oxygen atoms in total. The average Bonchev–Trinajstić information content (AvgIpc) is 3.35. The Morgan fingerprint density at radius 3 is 2.57 bits per heavy atom. The Kier molecular flexibility index (Phi) is 12.6. The van der Waals surface area contributed by atoms with Crippen LogP contribution in [0.5, 0.6) is 23.0 Å². The maximum absolute atomic E-state index is 15.3. The summed E-state index contributed by atoms with van der Waals surface area (Å²) in [5, 5.41) is 77.0. The molecule has 5 aromatic carbocycles. The van der Waals surface area contributed by atoms with Gasteiger partial charge >= 0.3 is 0 Å². The molecule has 6 aromatic rings. The number of hydrogen-bond donors (Lipinski definition) is 7. The number of phenols is 2. The fraction of sp³-hybridized carbons (Fsp3) is 0.389. The molecule has 0 amide bonds. The van der Waals surface area contributed by atoms with E-state index in [4.69, 9.17) is 9.15 Å². The maximum Gasteiger partial charge on any atom is 0.238 e. The van der Waals surface area contributed by atoms with E-state index in [1.165, 1.54) is 6.07 Å². The lowest BCUT2D eigenvalue weighted by atomic mass is 9.69. The number of benzene rings is 5. The van der Waals surface area contributed by atoms with Crippen LogP contribution in [0.15, 0.2) is 69.9 Å². The number of aromatic hydroxyl groups is 3. The lowest BCUT2D eigenvalue weighted by molar-refractivity contribution is 0.00975. The van der Waals surface area contributed by atoms with Gasteiger partial charge in [-0.3, -0.25) is 4.79 Å². The van der Waals surface area contributed by atoms with Crippen LogP contribution in [0.3, 0.4) is 0 Å². The van der Waals surface area contributed by atoms with E-state index < -0.39 is 35.4 Å². The van der Waals surface area contributed by atoms with E-state index >= 15 is 4.79 Å². The Morgan fingerprint density at radius 1 is 0.912 bits per heavy atom. The molecule has 7 unspecified atom stereocenters. The summed E-state index contributed by atoms with van der Waals surface area (Å²) < 4.78 is 13.7. The van der Waals surface area contributed by atoms with Crippen LogP contribution in [-0.2, 0) is 18.6 Å². The number of hydrogen-bond acceptors (Lipinski definition) is 14. The standard InChI is InChI=1S/C54H55NO9S4/c1-25(2)16-30-19-34(37-23-66-67-24-38(55-3)29-7-4-6-26(17-29)18-33(37)48(30)59)52-51(62)50(61)47-42(64-52)22-40(58)45-35-20-32-27(13-14-56)9-10-28-11-12-31-46(43(28)32)44(35)36-21-41(63-53(45)47)39(57)8-5-15-65-68-54(31)49(36)60/h4,6-7,9-12,17,19-20,22,25,27,36,38-39,41,49,54-60,62H,5,8,13-16,18,21,23-24H2,1-3H3. The third kappa shape index (κ3) is 7.73. The van der Waals surface area contributed by atoms with E-state index in [9.17, 15) is 30.6 Å². The highest BCUT2D eigenvalue weighted by molar-refractivity contribution is 8.77. The first kappa shape index (κ1) is 46.2. The second kappa shape index (κ2) is 18.5. The molecule has 7 N–H and O–H groups in total. The Morgan fingerprint density at radius 2 is 1.76 bits per heavy atom. The summed E-state index contributed by atoms with van der Waals surface area (Å²) in [5.74, 6) is 0.709. The van der Waals surface area contributed by atoms with Gasteiger partial charge in [-0.15, -0.1) is 0 Å². The molecular formula is C54H55NO9S4. The third-order valence-electron chi connectivity index (χ3n) is 14.7. The van der Waals surface area contributed by atoms with Gasteiger partial charge in [0, 0.05) is 65.4 Å². The van der Waals surface area contributed by atoms with Crippen molar-refractivity contribution in [3.63, 3.8) is 0 Å². The summed E-state index contributed by atoms with van der Waals surface area (Å²) in [6.07, 6.45) is 4.17. The Labute approximate surface area is 410 Å². The molecule has 1 aromatic heterocycles. The number of phenolic OH excluding ortho intramolecular Hbond substituents is 2. The molecule has 14 heteroatoms. The molecule has 0 saturated carbocycles. The zero-order valence-electron chi connectivity index (χ0n) is 38.1. The SMILES string of the molecule is CNC1CSSCc2c(-c3oc4cc(O)c5c(c4c(=O)c3O)OC3CC4c6c-5cc5c7c(ccc(c67)C(SSCCCC3O)C4O)C=CC5CCO)cc(CC(C)C)c(O)c2Cc2cccc1c2. The molecule has 5 aliphatic rings. The van der Waals surface area contributed by atoms with E-state index in [-0.39, 0.29) is 75.7 Å². The summed E-state index contributed by atoms with van der Waals surface area (Å²) >= 11 is 0. The van der Waals surface area contributed by atoms with Crippen molar-refractivity contribution < 1.29 is 39.8 Å². The largest absolute Gasteiger partial charge is 0.507 e. The lowest BCUT2D eigenvalue weighted by Crippen LogP contribution is -2.39. The molecule has 1 fully saturated rings. The minimum atomic E-state index is -0.984. The molecule has 0 spiro atoms. The molecule has 68 heavy (non-hydrogen) atoms. The molecule has 3 aliphatic heterocycles. The first-order chi connectivity index (χ1) is 32.9. The Balaban J connectivity index is 1.18. The highest BCUT2D eigenvalue weighted by Crippen LogP contribution is 2.60. The molecular weight excluding hydrogens is 935 g/mol. The molecule has 2 aliphatic carbocycles. The minimum Gasteiger partial charge on any atom is -0.507 e. The van der Waals surface area contributed by atoms with Gasteiger partial charge in [-0.2, -0.15) is 0 Å². The fourth-order valence-corrected chi connectivity index (χ4v) is 16.7. The van der Waals surface area contributed by atoms with Crippen LogP contribution in [0.25, 0.3) is 50.3 Å². The van der Waals surface area contributed by atoms with Gasteiger partial charge in [-0.1, -0.05) is 106 Å². The predicted octanol–water partition coefficient (Wildman–Crippen LogP) is 11.0. The van der Waals surface area contributed by atoms with Crippen LogP contribution < -0.4 is 15.5 Å². The van der Waals surface area contributed by atoms with Crippen molar-refractivity contribution in [1.29, 1.82) is 0 Å². The molecule has 5 bridgehead atoms. The van der Waals surface area contributed by atoms with Crippen molar-refractivity contribution in [2.24, 2.45) is 5.92 Å². The lowest BCUT2D eigenvalue weighted by Gasteiger charge is -2.42. The van der Waals surface area contributed by atoms with E-state index in [2.05, 4.69) is 61.6 Å². The summed E-state index contributed by atoms with van der Waals surface area (Å²) in [7, 11) is 8.62. The quantitative estimate of drug-likeness (QED) is 0.0786. The number of aliphatic hydroxyl groups excluding tert-OH is 3. The van der Waals surface area contributed by atoms with Crippen LogP contribution in [0.2, 0.25) is 0 Å². The van der Waals surface area contributed by atoms with Crippen molar-refractivity contribution in [1.82, 2.24) is 5.32 Å². The van der Waals surface area contributed by atoms with Gasteiger partial charge in [-0.05, 0) is 118 Å². The van der Waals surface area contributed by atoms with Crippen molar-refractivity contribution in [2.45, 2.75) is 99.6 Å². The van der Waals surface area contributed by atoms with Crippen LogP contribution in [-0.4, -0.2) is 74.1 Å². The van der Waals surface area contributed by atoms with Crippen molar-refractivity contribution in [2.75, 3.05) is 25.2 Å². The van der Waals surface area contributed by atoms with Crippen molar-refractivity contribution in [3.05, 3.63) is 121 Å². The summed E-state index contributed by atoms with van der Waals surface area (Å²) in [6.45, 7) is 4.11. The average molecular weight is 990 g/mol. The normalized spacial score (nSPS) is 24.2.